The molecule has 0 unspecified atom stereocenters. The number of rotatable bonds is 3. The molecule has 0 radical (unpaired) electrons. The third-order valence-corrected chi connectivity index (χ3v) is 3.79. The number of benzene rings is 1. The lowest BCUT2D eigenvalue weighted by molar-refractivity contribution is 0.410. The number of nitrogens with zero attached hydrogens (tertiary/aromatic N) is 4. The first-order valence-electron chi connectivity index (χ1n) is 6.76. The van der Waals surface area contributed by atoms with Crippen molar-refractivity contribution in [3.63, 3.8) is 0 Å². The summed E-state index contributed by atoms with van der Waals surface area (Å²) in [6, 6.07) is 4.89. The molecule has 0 atom stereocenters. The Bertz CT molecular complexity index is 757. The second-order valence-electron chi connectivity index (χ2n) is 5.23. The van der Waals surface area contributed by atoms with Gasteiger partial charge in [-0.2, -0.15) is 0 Å². The quantitative estimate of drug-likeness (QED) is 0.791. The molecule has 102 valence electrons. The SMILES string of the molecule is Oc1ccc2nc(Cn3cc(C4CCC4)nn3)oc2c1. The third-order valence-electron chi connectivity index (χ3n) is 3.79. The maximum atomic E-state index is 9.41. The van der Waals surface area contributed by atoms with Gasteiger partial charge in [0, 0.05) is 18.2 Å². The Morgan fingerprint density at radius 2 is 2.25 bits per heavy atom. The summed E-state index contributed by atoms with van der Waals surface area (Å²) in [4.78, 5) is 4.37. The van der Waals surface area contributed by atoms with Gasteiger partial charge in [-0.3, -0.25) is 0 Å². The first-order chi connectivity index (χ1) is 9.78. The van der Waals surface area contributed by atoms with Gasteiger partial charge in [-0.05, 0) is 25.0 Å². The number of aromatic hydroxyl groups is 1. The van der Waals surface area contributed by atoms with Crippen molar-refractivity contribution in [3.05, 3.63) is 36.0 Å². The summed E-state index contributed by atoms with van der Waals surface area (Å²) >= 11 is 0. The highest BCUT2D eigenvalue weighted by molar-refractivity contribution is 5.74. The number of phenols is 1. The lowest BCUT2D eigenvalue weighted by Gasteiger charge is -2.22. The molecule has 1 aromatic carbocycles. The Morgan fingerprint density at radius 1 is 1.35 bits per heavy atom. The zero-order chi connectivity index (χ0) is 13.5. The highest BCUT2D eigenvalue weighted by Gasteiger charge is 2.22. The van der Waals surface area contributed by atoms with Crippen LogP contribution in [0, 0.1) is 0 Å². The van der Waals surface area contributed by atoms with Gasteiger partial charge in [0.2, 0.25) is 5.89 Å². The molecule has 4 rings (SSSR count). The largest absolute Gasteiger partial charge is 0.508 e. The van der Waals surface area contributed by atoms with Gasteiger partial charge in [-0.15, -0.1) is 5.10 Å². The van der Waals surface area contributed by atoms with E-state index in [9.17, 15) is 5.11 Å². The number of phenolic OH excluding ortho intramolecular Hbond substituents is 1. The van der Waals surface area contributed by atoms with E-state index < -0.39 is 0 Å². The Kier molecular flexibility index (Phi) is 2.48. The van der Waals surface area contributed by atoms with E-state index in [1.165, 1.54) is 19.3 Å². The molecule has 3 aromatic rings. The van der Waals surface area contributed by atoms with Crippen molar-refractivity contribution in [1.29, 1.82) is 0 Å². The molecule has 0 aliphatic heterocycles. The van der Waals surface area contributed by atoms with E-state index in [-0.39, 0.29) is 5.75 Å². The summed E-state index contributed by atoms with van der Waals surface area (Å²) in [5, 5.41) is 17.7. The number of hydrogen-bond acceptors (Lipinski definition) is 5. The van der Waals surface area contributed by atoms with Gasteiger partial charge >= 0.3 is 0 Å². The van der Waals surface area contributed by atoms with Crippen LogP contribution in [0.3, 0.4) is 0 Å². The minimum Gasteiger partial charge on any atom is -0.508 e. The predicted octanol–water partition coefficient (Wildman–Crippen LogP) is 2.44. The van der Waals surface area contributed by atoms with Crippen molar-refractivity contribution in [2.45, 2.75) is 31.7 Å². The van der Waals surface area contributed by atoms with Crippen molar-refractivity contribution in [1.82, 2.24) is 20.0 Å². The van der Waals surface area contributed by atoms with Crippen molar-refractivity contribution in [2.75, 3.05) is 0 Å². The second kappa shape index (κ2) is 4.33. The summed E-state index contributed by atoms with van der Waals surface area (Å²) in [6.07, 6.45) is 5.67. The summed E-state index contributed by atoms with van der Waals surface area (Å²) in [5.41, 5.74) is 2.38. The van der Waals surface area contributed by atoms with Gasteiger partial charge in [0.25, 0.3) is 0 Å². The van der Waals surface area contributed by atoms with Crippen LogP contribution in [0.2, 0.25) is 0 Å². The first-order valence-corrected chi connectivity index (χ1v) is 6.76. The van der Waals surface area contributed by atoms with Crippen LogP contribution in [0.4, 0.5) is 0 Å². The number of oxazole rings is 1. The molecule has 20 heavy (non-hydrogen) atoms. The van der Waals surface area contributed by atoms with Crippen molar-refractivity contribution in [3.8, 4) is 5.75 Å². The minimum atomic E-state index is 0.174. The van der Waals surface area contributed by atoms with E-state index in [0.717, 1.165) is 11.2 Å². The Morgan fingerprint density at radius 3 is 3.05 bits per heavy atom. The molecular weight excluding hydrogens is 256 g/mol. The summed E-state index contributed by atoms with van der Waals surface area (Å²) in [7, 11) is 0. The average molecular weight is 270 g/mol. The zero-order valence-electron chi connectivity index (χ0n) is 10.9. The van der Waals surface area contributed by atoms with Gasteiger partial charge in [0.15, 0.2) is 5.58 Å². The fourth-order valence-electron chi connectivity index (χ4n) is 2.45. The lowest BCUT2D eigenvalue weighted by atomic mass is 9.83. The molecule has 0 bridgehead atoms. The third kappa shape index (κ3) is 1.93. The van der Waals surface area contributed by atoms with Crippen molar-refractivity contribution < 1.29 is 9.52 Å². The highest BCUT2D eigenvalue weighted by atomic mass is 16.3. The van der Waals surface area contributed by atoms with Gasteiger partial charge in [-0.1, -0.05) is 11.6 Å². The summed E-state index contributed by atoms with van der Waals surface area (Å²) < 4.78 is 7.35. The van der Waals surface area contributed by atoms with Crippen LogP contribution in [-0.4, -0.2) is 25.1 Å². The number of hydrogen-bond donors (Lipinski definition) is 1. The fourth-order valence-corrected chi connectivity index (χ4v) is 2.45. The number of aromatic nitrogens is 4. The molecule has 1 N–H and O–H groups in total. The monoisotopic (exact) mass is 270 g/mol. The topological polar surface area (TPSA) is 77.0 Å². The molecule has 1 aliphatic rings. The summed E-state index contributed by atoms with van der Waals surface area (Å²) in [5.74, 6) is 1.31. The standard InChI is InChI=1S/C14H14N4O2/c19-10-4-5-11-13(6-10)20-14(15-11)8-18-7-12(16-17-18)9-2-1-3-9/h4-7,9,19H,1-3,8H2. The molecule has 0 spiro atoms. The highest BCUT2D eigenvalue weighted by Crippen LogP contribution is 2.34. The Labute approximate surface area is 115 Å². The Balaban J connectivity index is 1.58. The molecule has 1 saturated carbocycles. The predicted molar refractivity (Wildman–Crippen MR) is 71.4 cm³/mol. The number of fused-ring (bicyclic) bond motifs is 1. The second-order valence-corrected chi connectivity index (χ2v) is 5.23. The van der Waals surface area contributed by atoms with Gasteiger partial charge in [0.05, 0.1) is 5.69 Å². The van der Waals surface area contributed by atoms with Crippen LogP contribution in [-0.2, 0) is 6.54 Å². The zero-order valence-corrected chi connectivity index (χ0v) is 10.9. The van der Waals surface area contributed by atoms with Crippen molar-refractivity contribution in [2.24, 2.45) is 0 Å². The molecule has 2 aromatic heterocycles. The molecular formula is C14H14N4O2. The maximum Gasteiger partial charge on any atom is 0.217 e. The van der Waals surface area contributed by atoms with Crippen LogP contribution in [0.25, 0.3) is 11.1 Å². The van der Waals surface area contributed by atoms with E-state index in [1.54, 1.807) is 22.9 Å². The van der Waals surface area contributed by atoms with Crippen LogP contribution in [0.5, 0.6) is 5.75 Å². The summed E-state index contributed by atoms with van der Waals surface area (Å²) in [6.45, 7) is 0.454. The van der Waals surface area contributed by atoms with Gasteiger partial charge in [0.1, 0.15) is 17.8 Å². The van der Waals surface area contributed by atoms with E-state index in [2.05, 4.69) is 15.3 Å². The molecule has 6 heteroatoms. The van der Waals surface area contributed by atoms with Crippen LogP contribution >= 0.6 is 0 Å². The Hall–Kier alpha value is -2.37. The molecule has 1 aliphatic carbocycles. The first kappa shape index (κ1) is 11.5. The van der Waals surface area contributed by atoms with Gasteiger partial charge in [-0.25, -0.2) is 9.67 Å². The van der Waals surface area contributed by atoms with E-state index in [4.69, 9.17) is 4.42 Å². The molecule has 1 fully saturated rings. The fraction of sp³-hybridized carbons (Fsp3) is 0.357. The van der Waals surface area contributed by atoms with E-state index in [1.807, 2.05) is 6.20 Å². The molecule has 0 saturated heterocycles. The smallest absolute Gasteiger partial charge is 0.217 e. The lowest BCUT2D eigenvalue weighted by Crippen LogP contribution is -2.08. The van der Waals surface area contributed by atoms with Crippen molar-refractivity contribution >= 4 is 11.1 Å². The van der Waals surface area contributed by atoms with E-state index >= 15 is 0 Å². The maximum absolute atomic E-state index is 9.41. The molecule has 0 amide bonds. The normalized spacial score (nSPS) is 15.6. The molecule has 2 heterocycles. The van der Waals surface area contributed by atoms with E-state index in [0.29, 0.717) is 23.9 Å². The van der Waals surface area contributed by atoms with Crippen LogP contribution < -0.4 is 0 Å². The molecule has 6 nitrogen and oxygen atoms in total. The minimum absolute atomic E-state index is 0.174. The van der Waals surface area contributed by atoms with Crippen LogP contribution in [0.15, 0.2) is 28.8 Å². The van der Waals surface area contributed by atoms with Gasteiger partial charge < -0.3 is 9.52 Å². The van der Waals surface area contributed by atoms with Crippen LogP contribution in [0.1, 0.15) is 36.8 Å². The average Bonchev–Trinajstić information content (AvgIpc) is 2.94.